The minimum atomic E-state index is -0.833. The Labute approximate surface area is 144 Å². The molecule has 2 N–H and O–H groups in total. The van der Waals surface area contributed by atoms with Crippen molar-refractivity contribution in [3.8, 4) is 0 Å². The molecule has 0 unspecified atom stereocenters. The van der Waals surface area contributed by atoms with Gasteiger partial charge in [-0.05, 0) is 6.42 Å². The van der Waals surface area contributed by atoms with E-state index in [1.165, 1.54) is 77.0 Å². The van der Waals surface area contributed by atoms with Crippen LogP contribution in [0.15, 0.2) is 0 Å². The van der Waals surface area contributed by atoms with Gasteiger partial charge in [0.2, 0.25) is 0 Å². The fraction of sp³-hybridized carbons (Fsp3) is 0.941. The first-order chi connectivity index (χ1) is 9.65. The molecule has 0 atom stereocenters. The molecular weight excluding hydrogens is 318 g/mol. The molecule has 0 radical (unpaired) electrons. The largest absolute Gasteiger partial charge is 0.481 e. The third-order valence-corrected chi connectivity index (χ3v) is 3.26. The zero-order valence-electron chi connectivity index (χ0n) is 14.4. The predicted octanol–water partition coefficient (Wildman–Crippen LogP) is 5.16. The number of hydrogen-bond acceptors (Lipinski definition) is 2. The van der Waals surface area contributed by atoms with Gasteiger partial charge >= 0.3 is 0 Å². The third kappa shape index (κ3) is 38.4. The first kappa shape index (κ1) is 26.0. The maximum absolute atomic E-state index is 9.00. The Kier molecular flexibility index (Phi) is 31.0. The zero-order chi connectivity index (χ0) is 15.5. The molecule has 0 aliphatic carbocycles. The minimum Gasteiger partial charge on any atom is -0.481 e. The van der Waals surface area contributed by atoms with Crippen LogP contribution in [0.1, 0.15) is 97.3 Å². The van der Waals surface area contributed by atoms with E-state index in [0.29, 0.717) is 6.61 Å². The van der Waals surface area contributed by atoms with Crippen LogP contribution in [0.25, 0.3) is 0 Å². The number of carbonyl (C=O) groups is 1. The van der Waals surface area contributed by atoms with Gasteiger partial charge in [0.25, 0.3) is 5.97 Å². The summed E-state index contributed by atoms with van der Waals surface area (Å²) in [6.45, 7) is 3.73. The Morgan fingerprint density at radius 2 is 0.952 bits per heavy atom. The Morgan fingerprint density at radius 1 is 0.714 bits per heavy atom. The number of aliphatic hydroxyl groups is 1. The van der Waals surface area contributed by atoms with Gasteiger partial charge in [-0.25, -0.2) is 0 Å². The van der Waals surface area contributed by atoms with Crippen molar-refractivity contribution in [2.24, 2.45) is 0 Å². The summed E-state index contributed by atoms with van der Waals surface area (Å²) < 4.78 is 0. The topological polar surface area (TPSA) is 57.5 Å². The number of hydrogen-bond donors (Lipinski definition) is 2. The van der Waals surface area contributed by atoms with Gasteiger partial charge in [-0.15, -0.1) is 0 Å². The summed E-state index contributed by atoms with van der Waals surface area (Å²) in [7, 11) is 0. The molecule has 124 valence electrons. The maximum atomic E-state index is 9.00. The van der Waals surface area contributed by atoms with Crippen molar-refractivity contribution in [3.05, 3.63) is 0 Å². The van der Waals surface area contributed by atoms with E-state index in [-0.39, 0.29) is 19.5 Å². The smallest absolute Gasteiger partial charge is 0.300 e. The second-order valence-electron chi connectivity index (χ2n) is 5.49. The zero-order valence-corrected chi connectivity index (χ0v) is 17.4. The van der Waals surface area contributed by atoms with Crippen LogP contribution in [0.5, 0.6) is 0 Å². The van der Waals surface area contributed by atoms with Crippen molar-refractivity contribution in [2.75, 3.05) is 6.61 Å². The summed E-state index contributed by atoms with van der Waals surface area (Å²) in [6, 6.07) is 0. The summed E-state index contributed by atoms with van der Waals surface area (Å²) in [6.07, 6.45) is 17.7. The van der Waals surface area contributed by atoms with Crippen LogP contribution in [0.2, 0.25) is 0 Å². The van der Waals surface area contributed by atoms with E-state index in [0.717, 1.165) is 13.3 Å². The molecule has 0 bridgehead atoms. The van der Waals surface area contributed by atoms with Crippen LogP contribution >= 0.6 is 0 Å². The molecular formula is C17H36O3Zn. The number of rotatable bonds is 13. The van der Waals surface area contributed by atoms with Gasteiger partial charge in [-0.2, -0.15) is 0 Å². The van der Waals surface area contributed by atoms with Crippen LogP contribution < -0.4 is 0 Å². The molecule has 0 aliphatic heterocycles. The Hall–Kier alpha value is 0.0534. The number of carboxylic acids is 1. The average molecular weight is 354 g/mol. The summed E-state index contributed by atoms with van der Waals surface area (Å²) in [5.41, 5.74) is 0. The fourth-order valence-electron chi connectivity index (χ4n) is 2.13. The average Bonchev–Trinajstić information content (AvgIpc) is 2.39. The van der Waals surface area contributed by atoms with E-state index < -0.39 is 5.97 Å². The van der Waals surface area contributed by atoms with Gasteiger partial charge in [-0.3, -0.25) is 4.79 Å². The summed E-state index contributed by atoms with van der Waals surface area (Å²) in [5, 5.41) is 16.0. The quantitative estimate of drug-likeness (QED) is 0.355. The first-order valence-corrected chi connectivity index (χ1v) is 8.45. The van der Waals surface area contributed by atoms with Crippen molar-refractivity contribution < 1.29 is 34.5 Å². The van der Waals surface area contributed by atoms with E-state index in [1.807, 2.05) is 0 Å². The van der Waals surface area contributed by atoms with Crippen molar-refractivity contribution in [3.63, 3.8) is 0 Å². The van der Waals surface area contributed by atoms with Gasteiger partial charge in [-0.1, -0.05) is 84.0 Å². The normalized spacial score (nSPS) is 9.48. The van der Waals surface area contributed by atoms with Crippen molar-refractivity contribution in [1.82, 2.24) is 0 Å². The first-order valence-electron chi connectivity index (χ1n) is 8.45. The van der Waals surface area contributed by atoms with E-state index in [1.54, 1.807) is 0 Å². The van der Waals surface area contributed by atoms with Crippen LogP contribution in [0.3, 0.4) is 0 Å². The molecule has 21 heavy (non-hydrogen) atoms. The molecule has 3 nitrogen and oxygen atoms in total. The maximum Gasteiger partial charge on any atom is 0.300 e. The van der Waals surface area contributed by atoms with Gasteiger partial charge in [0.15, 0.2) is 0 Å². The Bertz CT molecular complexity index is 169. The number of aliphatic hydroxyl groups excluding tert-OH is 1. The van der Waals surface area contributed by atoms with E-state index >= 15 is 0 Å². The molecule has 0 spiro atoms. The van der Waals surface area contributed by atoms with Crippen molar-refractivity contribution in [2.45, 2.75) is 97.3 Å². The fourth-order valence-corrected chi connectivity index (χ4v) is 2.13. The molecule has 0 rings (SSSR count). The summed E-state index contributed by atoms with van der Waals surface area (Å²) in [5.74, 6) is -0.833. The predicted molar refractivity (Wildman–Crippen MR) is 86.1 cm³/mol. The molecule has 0 aliphatic rings. The molecule has 0 heterocycles. The Balaban J connectivity index is -0.000000572. The molecule has 0 saturated carbocycles. The molecule has 0 fully saturated rings. The van der Waals surface area contributed by atoms with Crippen LogP contribution in [-0.4, -0.2) is 22.8 Å². The molecule has 0 aromatic rings. The summed E-state index contributed by atoms with van der Waals surface area (Å²) in [4.78, 5) is 9.00. The van der Waals surface area contributed by atoms with E-state index in [2.05, 4.69) is 6.92 Å². The van der Waals surface area contributed by atoms with E-state index in [9.17, 15) is 0 Å². The Morgan fingerprint density at radius 3 is 1.19 bits per heavy atom. The molecule has 0 aromatic carbocycles. The van der Waals surface area contributed by atoms with Gasteiger partial charge in [0.1, 0.15) is 0 Å². The SMILES string of the molecule is CC(=O)O.CCCCCCCCCCCCCCCO.[Zn]. The number of unbranched alkanes of at least 4 members (excludes halogenated alkanes) is 12. The van der Waals surface area contributed by atoms with Crippen LogP contribution in [0.4, 0.5) is 0 Å². The monoisotopic (exact) mass is 352 g/mol. The van der Waals surface area contributed by atoms with Crippen LogP contribution in [0, 0.1) is 0 Å². The van der Waals surface area contributed by atoms with Crippen molar-refractivity contribution in [1.29, 1.82) is 0 Å². The standard InChI is InChI=1S/C15H32O.C2H4O2.Zn/c1-2-3-4-5-6-7-8-9-10-11-12-13-14-15-16;1-2(3)4;/h16H,2-15H2,1H3;1H3,(H,3,4);. The minimum absolute atomic E-state index is 0. The molecule has 4 heteroatoms. The number of carboxylic acid groups (broad SMARTS) is 1. The molecule has 0 aromatic heterocycles. The second kappa shape index (κ2) is 25.0. The van der Waals surface area contributed by atoms with E-state index in [4.69, 9.17) is 15.0 Å². The number of aliphatic carboxylic acids is 1. The van der Waals surface area contributed by atoms with Gasteiger partial charge < -0.3 is 10.2 Å². The van der Waals surface area contributed by atoms with Gasteiger partial charge in [0.05, 0.1) is 0 Å². The molecule has 0 amide bonds. The molecule has 0 saturated heterocycles. The van der Waals surface area contributed by atoms with Gasteiger partial charge in [0, 0.05) is 33.0 Å². The second-order valence-corrected chi connectivity index (χ2v) is 5.49. The summed E-state index contributed by atoms with van der Waals surface area (Å²) >= 11 is 0. The van der Waals surface area contributed by atoms with Crippen molar-refractivity contribution >= 4 is 5.97 Å². The third-order valence-electron chi connectivity index (χ3n) is 3.26. The van der Waals surface area contributed by atoms with Crippen LogP contribution in [-0.2, 0) is 24.3 Å².